The molecule has 1 amide bonds. The van der Waals surface area contributed by atoms with E-state index in [1.807, 2.05) is 18.3 Å². The molecule has 2 rings (SSSR count). The van der Waals surface area contributed by atoms with Gasteiger partial charge in [0, 0.05) is 18.8 Å². The van der Waals surface area contributed by atoms with Crippen molar-refractivity contribution in [2.24, 2.45) is 5.92 Å². The second kappa shape index (κ2) is 7.61. The molecule has 0 radical (unpaired) electrons. The lowest BCUT2D eigenvalue weighted by Crippen LogP contribution is -2.35. The predicted molar refractivity (Wildman–Crippen MR) is 83.4 cm³/mol. The number of carbonyl (C=O) groups is 1. The van der Waals surface area contributed by atoms with E-state index in [9.17, 15) is 9.90 Å². The first kappa shape index (κ1) is 16.0. The molecule has 1 atom stereocenters. The van der Waals surface area contributed by atoms with Crippen molar-refractivity contribution in [3.8, 4) is 0 Å². The van der Waals surface area contributed by atoms with Gasteiger partial charge in [0.15, 0.2) is 0 Å². The molecule has 1 aliphatic heterocycles. The van der Waals surface area contributed by atoms with E-state index in [0.29, 0.717) is 30.6 Å². The molecule has 0 saturated carbocycles. The number of nitrogens with one attached hydrogen (secondary N) is 2. The van der Waals surface area contributed by atoms with Crippen LogP contribution < -0.4 is 10.6 Å². The Morgan fingerprint density at radius 2 is 2.19 bits per heavy atom. The summed E-state index contributed by atoms with van der Waals surface area (Å²) in [6, 6.07) is 4.16. The molecule has 0 spiro atoms. The highest BCUT2D eigenvalue weighted by molar-refractivity contribution is 5.92. The number of aliphatic hydroxyl groups excluding tert-OH is 1. The maximum absolute atomic E-state index is 12.3. The molecule has 3 N–H and O–H groups in total. The minimum absolute atomic E-state index is 0.0960. The lowest BCUT2D eigenvalue weighted by molar-refractivity contribution is 0.0888. The smallest absolute Gasteiger partial charge is 0.268 e. The van der Waals surface area contributed by atoms with Gasteiger partial charge >= 0.3 is 0 Å². The zero-order valence-electron chi connectivity index (χ0n) is 13.0. The summed E-state index contributed by atoms with van der Waals surface area (Å²) in [5, 5.41) is 16.0. The van der Waals surface area contributed by atoms with Crippen molar-refractivity contribution in [1.82, 2.24) is 15.2 Å². The molecule has 0 bridgehead atoms. The minimum Gasteiger partial charge on any atom is -0.391 e. The van der Waals surface area contributed by atoms with Gasteiger partial charge in [0.2, 0.25) is 0 Å². The van der Waals surface area contributed by atoms with Gasteiger partial charge in [-0.3, -0.25) is 4.79 Å². The molecule has 5 heteroatoms. The summed E-state index contributed by atoms with van der Waals surface area (Å²) in [5.41, 5.74) is 0.693. The Bertz CT molecular complexity index is 450. The van der Waals surface area contributed by atoms with Crippen LogP contribution in [0.5, 0.6) is 0 Å². The molecule has 1 aromatic rings. The fraction of sp³-hybridized carbons (Fsp3) is 0.688. The lowest BCUT2D eigenvalue weighted by atomic mass is 10.1. The molecular weight excluding hydrogens is 266 g/mol. The van der Waals surface area contributed by atoms with Gasteiger partial charge < -0.3 is 20.3 Å². The van der Waals surface area contributed by atoms with Crippen LogP contribution in [0.1, 0.15) is 49.6 Å². The van der Waals surface area contributed by atoms with Crippen molar-refractivity contribution < 1.29 is 9.90 Å². The van der Waals surface area contributed by atoms with E-state index in [2.05, 4.69) is 29.0 Å². The van der Waals surface area contributed by atoms with E-state index in [1.165, 1.54) is 0 Å². The molecular formula is C16H27N3O2. The molecule has 0 aromatic carbocycles. The first-order valence-corrected chi connectivity index (χ1v) is 7.91. The number of aliphatic hydroxyl groups is 1. The van der Waals surface area contributed by atoms with Gasteiger partial charge in [-0.15, -0.1) is 0 Å². The average molecular weight is 293 g/mol. The number of hydrogen-bond acceptors (Lipinski definition) is 3. The minimum atomic E-state index is -0.476. The maximum atomic E-state index is 12.3. The molecule has 1 unspecified atom stereocenters. The average Bonchev–Trinajstić information content (AvgIpc) is 2.94. The van der Waals surface area contributed by atoms with Gasteiger partial charge in [0.05, 0.1) is 6.10 Å². The summed E-state index contributed by atoms with van der Waals surface area (Å²) >= 11 is 0. The Labute approximate surface area is 126 Å². The highest BCUT2D eigenvalue weighted by Gasteiger charge is 2.20. The monoisotopic (exact) mass is 293 g/mol. The normalized spacial score (nSPS) is 17.9. The van der Waals surface area contributed by atoms with Crippen molar-refractivity contribution in [2.45, 2.75) is 45.3 Å². The van der Waals surface area contributed by atoms with Crippen molar-refractivity contribution in [3.05, 3.63) is 24.0 Å². The van der Waals surface area contributed by atoms with Crippen molar-refractivity contribution in [1.29, 1.82) is 0 Å². The van der Waals surface area contributed by atoms with Gasteiger partial charge in [0.25, 0.3) is 5.91 Å². The van der Waals surface area contributed by atoms with E-state index >= 15 is 0 Å². The van der Waals surface area contributed by atoms with Crippen LogP contribution >= 0.6 is 0 Å². The van der Waals surface area contributed by atoms with Crippen molar-refractivity contribution in [3.63, 3.8) is 0 Å². The first-order valence-electron chi connectivity index (χ1n) is 7.91. The summed E-state index contributed by atoms with van der Waals surface area (Å²) in [5.74, 6) is 0.330. The lowest BCUT2D eigenvalue weighted by Gasteiger charge is -2.26. The molecule has 118 valence electrons. The topological polar surface area (TPSA) is 66.3 Å². The van der Waals surface area contributed by atoms with Crippen LogP contribution in [0.2, 0.25) is 0 Å². The van der Waals surface area contributed by atoms with E-state index in [4.69, 9.17) is 0 Å². The third-order valence-electron chi connectivity index (χ3n) is 3.96. The van der Waals surface area contributed by atoms with E-state index in [1.54, 1.807) is 0 Å². The summed E-state index contributed by atoms with van der Waals surface area (Å²) in [7, 11) is 0. The Hall–Kier alpha value is -1.33. The second-order valence-electron chi connectivity index (χ2n) is 6.28. The molecule has 0 aliphatic carbocycles. The zero-order valence-corrected chi connectivity index (χ0v) is 13.0. The second-order valence-corrected chi connectivity index (χ2v) is 6.28. The van der Waals surface area contributed by atoms with Crippen LogP contribution in [0.4, 0.5) is 0 Å². The summed E-state index contributed by atoms with van der Waals surface area (Å²) in [6.07, 6.45) is 4.30. The summed E-state index contributed by atoms with van der Waals surface area (Å²) in [6.45, 7) is 6.43. The number of carbonyl (C=O) groups excluding carboxylic acids is 1. The fourth-order valence-electron chi connectivity index (χ4n) is 2.92. The summed E-state index contributed by atoms with van der Waals surface area (Å²) in [4.78, 5) is 12.3. The van der Waals surface area contributed by atoms with Crippen LogP contribution in [0.25, 0.3) is 0 Å². The van der Waals surface area contributed by atoms with Gasteiger partial charge in [0.1, 0.15) is 5.69 Å². The van der Waals surface area contributed by atoms with Crippen molar-refractivity contribution >= 4 is 5.91 Å². The van der Waals surface area contributed by atoms with Crippen LogP contribution in [-0.4, -0.2) is 41.3 Å². The quantitative estimate of drug-likeness (QED) is 0.745. The SMILES string of the molecule is CC(C)CC(O)CNC(=O)c1cccn1C1CCNCC1. The van der Waals surface area contributed by atoms with Gasteiger partial charge in [-0.1, -0.05) is 13.8 Å². The molecule has 2 heterocycles. The Morgan fingerprint density at radius 3 is 2.86 bits per heavy atom. The fourth-order valence-corrected chi connectivity index (χ4v) is 2.92. The van der Waals surface area contributed by atoms with Gasteiger partial charge in [-0.05, 0) is 50.4 Å². The zero-order chi connectivity index (χ0) is 15.2. The highest BCUT2D eigenvalue weighted by Crippen LogP contribution is 2.21. The third-order valence-corrected chi connectivity index (χ3v) is 3.96. The van der Waals surface area contributed by atoms with Gasteiger partial charge in [-0.25, -0.2) is 0 Å². The molecule has 5 nitrogen and oxygen atoms in total. The Balaban J connectivity index is 1.92. The number of hydrogen-bond donors (Lipinski definition) is 3. The standard InChI is InChI=1S/C16H27N3O2/c1-12(2)10-14(20)11-18-16(21)15-4-3-9-19(15)13-5-7-17-8-6-13/h3-4,9,12-14,17,20H,5-8,10-11H2,1-2H3,(H,18,21). The third kappa shape index (κ3) is 4.58. The van der Waals surface area contributed by atoms with Crippen LogP contribution in [-0.2, 0) is 0 Å². The number of rotatable bonds is 6. The first-order chi connectivity index (χ1) is 10.1. The number of nitrogens with zero attached hydrogens (tertiary/aromatic N) is 1. The molecule has 1 saturated heterocycles. The van der Waals surface area contributed by atoms with E-state index < -0.39 is 6.10 Å². The predicted octanol–water partition coefficient (Wildman–Crippen LogP) is 1.55. The molecule has 21 heavy (non-hydrogen) atoms. The largest absolute Gasteiger partial charge is 0.391 e. The molecule has 1 aromatic heterocycles. The Morgan fingerprint density at radius 1 is 1.48 bits per heavy atom. The highest BCUT2D eigenvalue weighted by atomic mass is 16.3. The summed E-state index contributed by atoms with van der Waals surface area (Å²) < 4.78 is 2.07. The van der Waals surface area contributed by atoms with Crippen molar-refractivity contribution in [2.75, 3.05) is 19.6 Å². The van der Waals surface area contributed by atoms with Crippen LogP contribution in [0.3, 0.4) is 0 Å². The van der Waals surface area contributed by atoms with E-state index in [0.717, 1.165) is 25.9 Å². The van der Waals surface area contributed by atoms with Crippen LogP contribution in [0.15, 0.2) is 18.3 Å². The Kier molecular flexibility index (Phi) is 5.82. The van der Waals surface area contributed by atoms with E-state index in [-0.39, 0.29) is 5.91 Å². The van der Waals surface area contributed by atoms with Crippen LogP contribution in [0, 0.1) is 5.92 Å². The number of amides is 1. The number of aromatic nitrogens is 1. The molecule has 1 aliphatic rings. The molecule has 1 fully saturated rings. The number of piperidine rings is 1. The van der Waals surface area contributed by atoms with Gasteiger partial charge in [-0.2, -0.15) is 0 Å². The maximum Gasteiger partial charge on any atom is 0.268 e.